The van der Waals surface area contributed by atoms with E-state index in [0.29, 0.717) is 35.2 Å². The molecule has 0 saturated carbocycles. The summed E-state index contributed by atoms with van der Waals surface area (Å²) in [5.74, 6) is 0.748. The monoisotopic (exact) mass is 432 g/mol. The number of methoxy groups -OCH3 is 3. The summed E-state index contributed by atoms with van der Waals surface area (Å²) in [6.07, 6.45) is 0.649. The SMILES string of the molecule is COC(=O)C[C@H]1c2cc(OC)c(OC)cc2CCN1C(=O)Nc1ccc(C)c(Cl)c1. The molecule has 2 amide bonds. The molecule has 1 atom stereocenters. The molecule has 30 heavy (non-hydrogen) atoms. The van der Waals surface area contributed by atoms with Crippen molar-refractivity contribution in [2.75, 3.05) is 33.2 Å². The number of ether oxygens (including phenoxy) is 3. The van der Waals surface area contributed by atoms with Crippen LogP contribution < -0.4 is 14.8 Å². The summed E-state index contributed by atoms with van der Waals surface area (Å²) in [4.78, 5) is 26.9. The summed E-state index contributed by atoms with van der Waals surface area (Å²) in [5.41, 5.74) is 3.35. The fourth-order valence-electron chi connectivity index (χ4n) is 3.60. The molecule has 1 aliphatic rings. The molecule has 0 fully saturated rings. The Morgan fingerprint density at radius 3 is 2.47 bits per heavy atom. The second-order valence-corrected chi connectivity index (χ2v) is 7.45. The summed E-state index contributed by atoms with van der Waals surface area (Å²) in [7, 11) is 4.46. The number of anilines is 1. The van der Waals surface area contributed by atoms with Gasteiger partial charge in [-0.1, -0.05) is 17.7 Å². The lowest BCUT2D eigenvalue weighted by Gasteiger charge is -2.37. The lowest BCUT2D eigenvalue weighted by molar-refractivity contribution is -0.141. The van der Waals surface area contributed by atoms with Crippen LogP contribution in [0.25, 0.3) is 0 Å². The Morgan fingerprint density at radius 2 is 1.83 bits per heavy atom. The number of benzene rings is 2. The number of rotatable bonds is 5. The molecule has 160 valence electrons. The number of urea groups is 1. The number of nitrogens with zero attached hydrogens (tertiary/aromatic N) is 1. The van der Waals surface area contributed by atoms with Crippen molar-refractivity contribution >= 4 is 29.3 Å². The number of esters is 1. The van der Waals surface area contributed by atoms with Gasteiger partial charge in [0.25, 0.3) is 0 Å². The van der Waals surface area contributed by atoms with Gasteiger partial charge in [0.1, 0.15) is 0 Å². The fourth-order valence-corrected chi connectivity index (χ4v) is 3.78. The quantitative estimate of drug-likeness (QED) is 0.710. The predicted molar refractivity (Wildman–Crippen MR) is 115 cm³/mol. The summed E-state index contributed by atoms with van der Waals surface area (Å²) in [5, 5.41) is 3.45. The first-order chi connectivity index (χ1) is 14.4. The van der Waals surface area contributed by atoms with Crippen LogP contribution in [-0.4, -0.2) is 44.8 Å². The van der Waals surface area contributed by atoms with Crippen LogP contribution in [-0.2, 0) is 16.0 Å². The average molecular weight is 433 g/mol. The van der Waals surface area contributed by atoms with Crippen molar-refractivity contribution in [1.29, 1.82) is 0 Å². The molecule has 0 bridgehead atoms. The molecular weight excluding hydrogens is 408 g/mol. The Bertz CT molecular complexity index is 963. The number of halogens is 1. The van der Waals surface area contributed by atoms with E-state index in [4.69, 9.17) is 25.8 Å². The molecule has 0 spiro atoms. The van der Waals surface area contributed by atoms with E-state index in [1.807, 2.05) is 25.1 Å². The van der Waals surface area contributed by atoms with Crippen molar-refractivity contribution in [1.82, 2.24) is 4.90 Å². The topological polar surface area (TPSA) is 77.1 Å². The molecule has 0 aromatic heterocycles. The van der Waals surface area contributed by atoms with Gasteiger partial charge in [0.15, 0.2) is 11.5 Å². The molecule has 1 heterocycles. The maximum absolute atomic E-state index is 13.1. The number of carbonyl (C=O) groups excluding carboxylic acids is 2. The highest BCUT2D eigenvalue weighted by molar-refractivity contribution is 6.31. The highest BCUT2D eigenvalue weighted by atomic mass is 35.5. The van der Waals surface area contributed by atoms with Gasteiger partial charge < -0.3 is 24.4 Å². The van der Waals surface area contributed by atoms with Gasteiger partial charge in [0.2, 0.25) is 0 Å². The van der Waals surface area contributed by atoms with Crippen molar-refractivity contribution in [2.45, 2.75) is 25.8 Å². The number of nitrogens with one attached hydrogen (secondary N) is 1. The third-order valence-electron chi connectivity index (χ3n) is 5.27. The first-order valence-electron chi connectivity index (χ1n) is 9.53. The summed E-state index contributed by atoms with van der Waals surface area (Å²) < 4.78 is 15.7. The minimum Gasteiger partial charge on any atom is -0.493 e. The van der Waals surface area contributed by atoms with Crippen LogP contribution in [0.15, 0.2) is 30.3 Å². The summed E-state index contributed by atoms with van der Waals surface area (Å²) in [6.45, 7) is 2.33. The van der Waals surface area contributed by atoms with E-state index in [2.05, 4.69) is 5.32 Å². The average Bonchev–Trinajstić information content (AvgIpc) is 2.75. The first kappa shape index (κ1) is 21.8. The van der Waals surface area contributed by atoms with Crippen molar-refractivity contribution in [3.8, 4) is 11.5 Å². The molecule has 0 radical (unpaired) electrons. The number of aryl methyl sites for hydroxylation is 1. The highest BCUT2D eigenvalue weighted by Gasteiger charge is 2.34. The number of carbonyl (C=O) groups is 2. The smallest absolute Gasteiger partial charge is 0.322 e. The largest absolute Gasteiger partial charge is 0.493 e. The van der Waals surface area contributed by atoms with Crippen molar-refractivity contribution < 1.29 is 23.8 Å². The lowest BCUT2D eigenvalue weighted by Crippen LogP contribution is -2.43. The van der Waals surface area contributed by atoms with Gasteiger partial charge in [-0.15, -0.1) is 0 Å². The fraction of sp³-hybridized carbons (Fsp3) is 0.364. The van der Waals surface area contributed by atoms with E-state index in [9.17, 15) is 9.59 Å². The first-order valence-corrected chi connectivity index (χ1v) is 9.91. The molecule has 2 aromatic rings. The zero-order valence-corrected chi connectivity index (χ0v) is 18.2. The van der Waals surface area contributed by atoms with Crippen LogP contribution in [0.4, 0.5) is 10.5 Å². The van der Waals surface area contributed by atoms with Gasteiger partial charge in [-0.25, -0.2) is 4.79 Å². The van der Waals surface area contributed by atoms with Crippen molar-refractivity contribution in [3.05, 3.63) is 52.0 Å². The zero-order valence-electron chi connectivity index (χ0n) is 17.5. The maximum atomic E-state index is 13.1. The molecule has 0 aliphatic carbocycles. The van der Waals surface area contributed by atoms with E-state index in [1.54, 1.807) is 31.3 Å². The second kappa shape index (κ2) is 9.26. The normalized spacial score (nSPS) is 15.2. The molecule has 0 saturated heterocycles. The summed E-state index contributed by atoms with van der Waals surface area (Å²) >= 11 is 6.18. The van der Waals surface area contributed by atoms with Crippen LogP contribution in [0.3, 0.4) is 0 Å². The number of amides is 2. The molecule has 1 aliphatic heterocycles. The summed E-state index contributed by atoms with van der Waals surface area (Å²) in [6, 6.07) is 8.24. The molecule has 2 aromatic carbocycles. The van der Waals surface area contributed by atoms with Crippen molar-refractivity contribution in [2.24, 2.45) is 0 Å². The van der Waals surface area contributed by atoms with Gasteiger partial charge >= 0.3 is 12.0 Å². The highest BCUT2D eigenvalue weighted by Crippen LogP contribution is 2.39. The van der Waals surface area contributed by atoms with E-state index < -0.39 is 12.0 Å². The second-order valence-electron chi connectivity index (χ2n) is 7.04. The molecule has 8 heteroatoms. The molecule has 3 rings (SSSR count). The minimum absolute atomic E-state index is 0.0288. The van der Waals surface area contributed by atoms with Crippen LogP contribution in [0.2, 0.25) is 5.02 Å². The van der Waals surface area contributed by atoms with Crippen LogP contribution in [0.5, 0.6) is 11.5 Å². The zero-order chi connectivity index (χ0) is 21.8. The van der Waals surface area contributed by atoms with Gasteiger partial charge in [-0.05, 0) is 54.3 Å². The van der Waals surface area contributed by atoms with Crippen LogP contribution in [0.1, 0.15) is 29.2 Å². The minimum atomic E-state index is -0.498. The van der Waals surface area contributed by atoms with Gasteiger partial charge in [-0.2, -0.15) is 0 Å². The van der Waals surface area contributed by atoms with Gasteiger partial charge in [0, 0.05) is 17.3 Å². The Labute approximate surface area is 180 Å². The van der Waals surface area contributed by atoms with E-state index in [0.717, 1.165) is 16.7 Å². The molecule has 0 unspecified atom stereocenters. The Hall–Kier alpha value is -2.93. The number of fused-ring (bicyclic) bond motifs is 1. The number of hydrogen-bond acceptors (Lipinski definition) is 5. The van der Waals surface area contributed by atoms with Crippen LogP contribution >= 0.6 is 11.6 Å². The Morgan fingerprint density at radius 1 is 1.13 bits per heavy atom. The lowest BCUT2D eigenvalue weighted by atomic mass is 9.90. The Balaban J connectivity index is 1.94. The predicted octanol–water partition coefficient (Wildman–Crippen LogP) is 4.36. The standard InChI is InChI=1S/C22H25ClN2O5/c1-13-5-6-15(10-17(13)23)24-22(27)25-8-7-14-9-19(28-2)20(29-3)11-16(14)18(25)12-21(26)30-4/h5-6,9-11,18H,7-8,12H2,1-4H3,(H,24,27)/t18-/m0/s1. The van der Waals surface area contributed by atoms with Crippen molar-refractivity contribution in [3.63, 3.8) is 0 Å². The number of hydrogen-bond donors (Lipinski definition) is 1. The Kier molecular flexibility index (Phi) is 6.72. The van der Waals surface area contributed by atoms with Gasteiger partial charge in [0.05, 0.1) is 33.8 Å². The van der Waals surface area contributed by atoms with E-state index in [-0.39, 0.29) is 12.5 Å². The molecule has 1 N–H and O–H groups in total. The third-order valence-corrected chi connectivity index (χ3v) is 5.68. The molecule has 7 nitrogen and oxygen atoms in total. The van der Waals surface area contributed by atoms with E-state index >= 15 is 0 Å². The maximum Gasteiger partial charge on any atom is 0.322 e. The van der Waals surface area contributed by atoms with Crippen LogP contribution in [0, 0.1) is 6.92 Å². The molecular formula is C22H25ClN2O5. The third kappa shape index (κ3) is 4.46. The van der Waals surface area contributed by atoms with E-state index in [1.165, 1.54) is 7.11 Å². The van der Waals surface area contributed by atoms with Gasteiger partial charge in [-0.3, -0.25) is 4.79 Å².